The van der Waals surface area contributed by atoms with Gasteiger partial charge in [-0.2, -0.15) is 0 Å². The lowest BCUT2D eigenvalue weighted by atomic mass is 9.93. The van der Waals surface area contributed by atoms with Crippen molar-refractivity contribution in [3.8, 4) is 0 Å². The average molecular weight is 294 g/mol. The summed E-state index contributed by atoms with van der Waals surface area (Å²) in [5.74, 6) is -1.33. The molecule has 0 bridgehead atoms. The van der Waals surface area contributed by atoms with Crippen LogP contribution in [0.5, 0.6) is 0 Å². The molecule has 4 nitrogen and oxygen atoms in total. The lowest BCUT2D eigenvalue weighted by Gasteiger charge is -2.14. The summed E-state index contributed by atoms with van der Waals surface area (Å²) in [4.78, 5) is 24.2. The molecule has 0 spiro atoms. The van der Waals surface area contributed by atoms with Crippen LogP contribution in [0.4, 0.5) is 0 Å². The van der Waals surface area contributed by atoms with Gasteiger partial charge in [0.05, 0.1) is 7.11 Å². The number of benzene rings is 2. The number of carbonyl (C=O) groups excluding carboxylic acids is 2. The second-order valence-corrected chi connectivity index (χ2v) is 4.84. The van der Waals surface area contributed by atoms with E-state index in [4.69, 9.17) is 9.47 Å². The number of esters is 2. The summed E-state index contributed by atoms with van der Waals surface area (Å²) >= 11 is 0. The molecule has 4 heteroatoms. The summed E-state index contributed by atoms with van der Waals surface area (Å²) < 4.78 is 10.2. The highest BCUT2D eigenvalue weighted by Crippen LogP contribution is 2.41. The second-order valence-electron chi connectivity index (χ2n) is 4.84. The average Bonchev–Trinajstić information content (AvgIpc) is 2.93. The van der Waals surface area contributed by atoms with Crippen molar-refractivity contribution in [1.29, 1.82) is 0 Å². The Morgan fingerprint density at radius 2 is 1.59 bits per heavy atom. The Hall–Kier alpha value is -2.88. The Balaban J connectivity index is 2.18. The number of hydrogen-bond donors (Lipinski definition) is 0. The highest BCUT2D eigenvalue weighted by Gasteiger charge is 2.40. The normalized spacial score (nSPS) is 17.3. The van der Waals surface area contributed by atoms with Crippen molar-refractivity contribution >= 4 is 17.5 Å². The molecule has 0 N–H and O–H groups in total. The van der Waals surface area contributed by atoms with E-state index < -0.39 is 18.0 Å². The first-order valence-corrected chi connectivity index (χ1v) is 6.86. The van der Waals surface area contributed by atoms with Crippen LogP contribution in [0.2, 0.25) is 0 Å². The molecule has 0 saturated heterocycles. The van der Waals surface area contributed by atoms with Gasteiger partial charge in [-0.1, -0.05) is 60.7 Å². The van der Waals surface area contributed by atoms with Crippen LogP contribution >= 0.6 is 0 Å². The first-order valence-electron chi connectivity index (χ1n) is 6.86. The monoisotopic (exact) mass is 294 g/mol. The van der Waals surface area contributed by atoms with Gasteiger partial charge in [-0.25, -0.2) is 9.59 Å². The van der Waals surface area contributed by atoms with Gasteiger partial charge in [0.2, 0.25) is 0 Å². The fourth-order valence-corrected chi connectivity index (χ4v) is 2.54. The molecule has 1 unspecified atom stereocenters. The van der Waals surface area contributed by atoms with E-state index in [2.05, 4.69) is 0 Å². The Kier molecular flexibility index (Phi) is 3.74. The number of rotatable bonds is 3. The van der Waals surface area contributed by atoms with E-state index in [9.17, 15) is 9.59 Å². The molecule has 0 saturated carbocycles. The van der Waals surface area contributed by atoms with Gasteiger partial charge in [0, 0.05) is 5.57 Å². The zero-order valence-electron chi connectivity index (χ0n) is 12.0. The summed E-state index contributed by atoms with van der Waals surface area (Å²) in [6.07, 6.45) is -0.606. The molecule has 0 radical (unpaired) electrons. The smallest absolute Gasteiger partial charge is 0.347 e. The van der Waals surface area contributed by atoms with Crippen LogP contribution < -0.4 is 0 Å². The minimum Gasteiger partial charge on any atom is -0.465 e. The van der Waals surface area contributed by atoms with Crippen molar-refractivity contribution in [2.45, 2.75) is 6.10 Å². The summed E-state index contributed by atoms with van der Waals surface area (Å²) in [6, 6.07) is 18.6. The van der Waals surface area contributed by atoms with Crippen LogP contribution in [0.3, 0.4) is 0 Å². The molecule has 1 aliphatic rings. The zero-order chi connectivity index (χ0) is 15.5. The van der Waals surface area contributed by atoms with Crippen LogP contribution in [-0.4, -0.2) is 19.0 Å². The fraction of sp³-hybridized carbons (Fsp3) is 0.111. The highest BCUT2D eigenvalue weighted by atomic mass is 16.6. The van der Waals surface area contributed by atoms with Gasteiger partial charge >= 0.3 is 11.9 Å². The molecule has 0 aliphatic carbocycles. The predicted octanol–water partition coefficient (Wildman–Crippen LogP) is 2.91. The van der Waals surface area contributed by atoms with Crippen LogP contribution in [0.25, 0.3) is 5.57 Å². The standard InChI is InChI=1S/C18H14O4/c1-21-17(19)15-14(12-8-4-2-5-9-12)16(22-18(15)20)13-10-6-3-7-11-13/h2-11,16H,1H3. The third-order valence-corrected chi connectivity index (χ3v) is 3.54. The van der Waals surface area contributed by atoms with Crippen LogP contribution in [0, 0.1) is 0 Å². The minimum absolute atomic E-state index is 0.0393. The van der Waals surface area contributed by atoms with Crippen molar-refractivity contribution in [3.63, 3.8) is 0 Å². The van der Waals surface area contributed by atoms with Crippen molar-refractivity contribution in [2.75, 3.05) is 7.11 Å². The molecule has 0 aromatic heterocycles. The first kappa shape index (κ1) is 14.1. The Bertz CT molecular complexity index is 732. The van der Waals surface area contributed by atoms with Crippen molar-refractivity contribution in [2.24, 2.45) is 0 Å². The number of carbonyl (C=O) groups is 2. The summed E-state index contributed by atoms with van der Waals surface area (Å²) in [5, 5.41) is 0. The van der Waals surface area contributed by atoms with Gasteiger partial charge < -0.3 is 9.47 Å². The van der Waals surface area contributed by atoms with E-state index in [1.807, 2.05) is 60.7 Å². The molecular formula is C18H14O4. The first-order chi connectivity index (χ1) is 10.7. The van der Waals surface area contributed by atoms with Gasteiger partial charge in [0.15, 0.2) is 11.7 Å². The van der Waals surface area contributed by atoms with E-state index in [1.54, 1.807) is 0 Å². The Morgan fingerprint density at radius 1 is 1.00 bits per heavy atom. The highest BCUT2D eigenvalue weighted by molar-refractivity contribution is 6.22. The molecule has 0 fully saturated rings. The van der Waals surface area contributed by atoms with Gasteiger partial charge in [-0.15, -0.1) is 0 Å². The number of cyclic esters (lactones) is 1. The third-order valence-electron chi connectivity index (χ3n) is 3.54. The van der Waals surface area contributed by atoms with E-state index in [1.165, 1.54) is 7.11 Å². The zero-order valence-corrected chi connectivity index (χ0v) is 12.0. The van der Waals surface area contributed by atoms with Gasteiger partial charge in [-0.3, -0.25) is 0 Å². The van der Waals surface area contributed by atoms with Gasteiger partial charge in [-0.05, 0) is 11.1 Å². The molecule has 22 heavy (non-hydrogen) atoms. The molecule has 110 valence electrons. The molecule has 0 amide bonds. The maximum absolute atomic E-state index is 12.2. The van der Waals surface area contributed by atoms with Crippen molar-refractivity contribution in [3.05, 3.63) is 77.4 Å². The summed E-state index contributed by atoms with van der Waals surface area (Å²) in [6.45, 7) is 0. The van der Waals surface area contributed by atoms with Gasteiger partial charge in [0.1, 0.15) is 0 Å². The van der Waals surface area contributed by atoms with E-state index in [0.717, 1.165) is 11.1 Å². The molecule has 3 rings (SSSR count). The SMILES string of the molecule is COC(=O)C1=C(c2ccccc2)C(c2ccccc2)OC1=O. The number of hydrogen-bond acceptors (Lipinski definition) is 4. The molecule has 2 aromatic carbocycles. The molecule has 2 aromatic rings. The molecule has 1 heterocycles. The van der Waals surface area contributed by atoms with E-state index in [0.29, 0.717) is 5.57 Å². The number of methoxy groups -OCH3 is 1. The Morgan fingerprint density at radius 3 is 2.18 bits per heavy atom. The fourth-order valence-electron chi connectivity index (χ4n) is 2.54. The quantitative estimate of drug-likeness (QED) is 0.645. The maximum atomic E-state index is 12.2. The maximum Gasteiger partial charge on any atom is 0.347 e. The largest absolute Gasteiger partial charge is 0.465 e. The Labute approximate surface area is 128 Å². The van der Waals surface area contributed by atoms with Crippen molar-refractivity contribution in [1.82, 2.24) is 0 Å². The van der Waals surface area contributed by atoms with Crippen LogP contribution in [0.1, 0.15) is 17.2 Å². The lowest BCUT2D eigenvalue weighted by Crippen LogP contribution is -2.12. The second kappa shape index (κ2) is 5.85. The van der Waals surface area contributed by atoms with Crippen molar-refractivity contribution < 1.29 is 19.1 Å². The topological polar surface area (TPSA) is 52.6 Å². The molecule has 1 atom stereocenters. The molecule has 1 aliphatic heterocycles. The van der Waals surface area contributed by atoms with E-state index in [-0.39, 0.29) is 5.57 Å². The lowest BCUT2D eigenvalue weighted by molar-refractivity contribution is -0.145. The molecular weight excluding hydrogens is 280 g/mol. The number of ether oxygens (including phenoxy) is 2. The minimum atomic E-state index is -0.678. The predicted molar refractivity (Wildman–Crippen MR) is 80.7 cm³/mol. The van der Waals surface area contributed by atoms with Crippen LogP contribution in [0.15, 0.2) is 66.2 Å². The van der Waals surface area contributed by atoms with Gasteiger partial charge in [0.25, 0.3) is 0 Å². The summed E-state index contributed by atoms with van der Waals surface area (Å²) in [7, 11) is 1.25. The van der Waals surface area contributed by atoms with Crippen LogP contribution in [-0.2, 0) is 19.1 Å². The third kappa shape index (κ3) is 2.39. The van der Waals surface area contributed by atoms with E-state index >= 15 is 0 Å². The summed E-state index contributed by atoms with van der Waals surface area (Å²) in [5.41, 5.74) is 2.09.